The first-order valence-corrected chi connectivity index (χ1v) is 4.43. The summed E-state index contributed by atoms with van der Waals surface area (Å²) >= 11 is 0. The van der Waals surface area contributed by atoms with Gasteiger partial charge in [-0.1, -0.05) is 20.8 Å². The van der Waals surface area contributed by atoms with Crippen LogP contribution in [-0.4, -0.2) is 23.8 Å². The Morgan fingerprint density at radius 3 is 2.36 bits per heavy atom. The van der Waals surface area contributed by atoms with Crippen LogP contribution in [0.1, 0.15) is 34.1 Å². The first kappa shape index (κ1) is 10.9. The average molecular weight is 159 g/mol. The Morgan fingerprint density at radius 1 is 1.45 bits per heavy atom. The molecule has 68 valence electrons. The van der Waals surface area contributed by atoms with Gasteiger partial charge in [-0.3, -0.25) is 0 Å². The SMILES string of the molecule is CCCNCC(C)(O)C(C)C. The molecule has 1 unspecified atom stereocenters. The highest BCUT2D eigenvalue weighted by molar-refractivity contribution is 4.78. The van der Waals surface area contributed by atoms with Crippen LogP contribution in [-0.2, 0) is 0 Å². The summed E-state index contributed by atoms with van der Waals surface area (Å²) in [5.74, 6) is 0.312. The molecular weight excluding hydrogens is 138 g/mol. The molecule has 0 amide bonds. The topological polar surface area (TPSA) is 32.3 Å². The summed E-state index contributed by atoms with van der Waals surface area (Å²) in [6, 6.07) is 0. The molecule has 0 aromatic rings. The van der Waals surface area contributed by atoms with Crippen molar-refractivity contribution in [1.82, 2.24) is 5.32 Å². The zero-order valence-electron chi connectivity index (χ0n) is 8.15. The van der Waals surface area contributed by atoms with E-state index in [0.717, 1.165) is 13.0 Å². The van der Waals surface area contributed by atoms with Crippen LogP contribution in [0.5, 0.6) is 0 Å². The standard InChI is InChI=1S/C9H21NO/c1-5-6-10-7-9(4,11)8(2)3/h8,10-11H,5-7H2,1-4H3. The first-order chi connectivity index (χ1) is 5.00. The van der Waals surface area contributed by atoms with E-state index < -0.39 is 5.60 Å². The van der Waals surface area contributed by atoms with Gasteiger partial charge in [-0.25, -0.2) is 0 Å². The van der Waals surface area contributed by atoms with Gasteiger partial charge >= 0.3 is 0 Å². The summed E-state index contributed by atoms with van der Waals surface area (Å²) in [6.45, 7) is 9.75. The van der Waals surface area contributed by atoms with Crippen LogP contribution in [0, 0.1) is 5.92 Å². The second kappa shape index (κ2) is 4.73. The molecule has 1 atom stereocenters. The van der Waals surface area contributed by atoms with Gasteiger partial charge in [-0.2, -0.15) is 0 Å². The minimum absolute atomic E-state index is 0.312. The lowest BCUT2D eigenvalue weighted by Gasteiger charge is -2.27. The van der Waals surface area contributed by atoms with Crippen molar-refractivity contribution in [2.75, 3.05) is 13.1 Å². The fourth-order valence-corrected chi connectivity index (χ4v) is 0.722. The second-order valence-corrected chi connectivity index (χ2v) is 3.69. The zero-order valence-corrected chi connectivity index (χ0v) is 8.15. The lowest BCUT2D eigenvalue weighted by atomic mass is 9.92. The van der Waals surface area contributed by atoms with Crippen molar-refractivity contribution < 1.29 is 5.11 Å². The lowest BCUT2D eigenvalue weighted by molar-refractivity contribution is 0.0144. The summed E-state index contributed by atoms with van der Waals surface area (Å²) in [5, 5.41) is 13.0. The van der Waals surface area contributed by atoms with Crippen molar-refractivity contribution in [2.24, 2.45) is 5.92 Å². The molecule has 0 spiro atoms. The molecule has 0 rings (SSSR count). The number of aliphatic hydroxyl groups is 1. The molecule has 0 bridgehead atoms. The predicted molar refractivity (Wildman–Crippen MR) is 48.6 cm³/mol. The predicted octanol–water partition coefficient (Wildman–Crippen LogP) is 1.39. The van der Waals surface area contributed by atoms with Gasteiger partial charge in [0.1, 0.15) is 0 Å². The molecular formula is C9H21NO. The van der Waals surface area contributed by atoms with Crippen molar-refractivity contribution >= 4 is 0 Å². The van der Waals surface area contributed by atoms with Crippen LogP contribution >= 0.6 is 0 Å². The van der Waals surface area contributed by atoms with Gasteiger partial charge in [0.15, 0.2) is 0 Å². The van der Waals surface area contributed by atoms with E-state index in [2.05, 4.69) is 12.2 Å². The van der Waals surface area contributed by atoms with E-state index in [0.29, 0.717) is 12.5 Å². The zero-order chi connectivity index (χ0) is 8.91. The molecule has 0 aromatic carbocycles. The summed E-state index contributed by atoms with van der Waals surface area (Å²) in [7, 11) is 0. The lowest BCUT2D eigenvalue weighted by Crippen LogP contribution is -2.42. The number of hydrogen-bond donors (Lipinski definition) is 2. The van der Waals surface area contributed by atoms with Crippen LogP contribution in [0.25, 0.3) is 0 Å². The molecule has 0 aliphatic carbocycles. The van der Waals surface area contributed by atoms with Crippen molar-refractivity contribution in [2.45, 2.75) is 39.7 Å². The summed E-state index contributed by atoms with van der Waals surface area (Å²) in [5.41, 5.74) is -0.560. The fraction of sp³-hybridized carbons (Fsp3) is 1.00. The number of rotatable bonds is 5. The Kier molecular flexibility index (Phi) is 4.69. The first-order valence-electron chi connectivity index (χ1n) is 4.43. The Morgan fingerprint density at radius 2 is 2.00 bits per heavy atom. The van der Waals surface area contributed by atoms with Crippen LogP contribution < -0.4 is 5.32 Å². The molecule has 0 aromatic heterocycles. The van der Waals surface area contributed by atoms with Crippen molar-refractivity contribution in [3.63, 3.8) is 0 Å². The molecule has 0 fully saturated rings. The molecule has 0 aliphatic heterocycles. The maximum atomic E-state index is 9.76. The monoisotopic (exact) mass is 159 g/mol. The molecule has 2 nitrogen and oxygen atoms in total. The minimum atomic E-state index is -0.560. The summed E-state index contributed by atoms with van der Waals surface area (Å²) in [4.78, 5) is 0. The van der Waals surface area contributed by atoms with Crippen molar-refractivity contribution in [1.29, 1.82) is 0 Å². The number of hydrogen-bond acceptors (Lipinski definition) is 2. The van der Waals surface area contributed by atoms with Gasteiger partial charge in [-0.05, 0) is 25.8 Å². The molecule has 0 radical (unpaired) electrons. The summed E-state index contributed by atoms with van der Waals surface area (Å²) < 4.78 is 0. The Bertz CT molecular complexity index is 99.7. The minimum Gasteiger partial charge on any atom is -0.389 e. The third-order valence-electron chi connectivity index (χ3n) is 2.15. The van der Waals surface area contributed by atoms with E-state index >= 15 is 0 Å². The molecule has 2 heteroatoms. The normalized spacial score (nSPS) is 16.9. The van der Waals surface area contributed by atoms with Gasteiger partial charge in [0.2, 0.25) is 0 Å². The van der Waals surface area contributed by atoms with Crippen molar-refractivity contribution in [3.8, 4) is 0 Å². The van der Waals surface area contributed by atoms with Crippen LogP contribution in [0.3, 0.4) is 0 Å². The van der Waals surface area contributed by atoms with E-state index in [1.165, 1.54) is 0 Å². The molecule has 2 N–H and O–H groups in total. The van der Waals surface area contributed by atoms with Crippen LogP contribution in [0.2, 0.25) is 0 Å². The molecule has 0 aliphatic rings. The quantitative estimate of drug-likeness (QED) is 0.594. The summed E-state index contributed by atoms with van der Waals surface area (Å²) in [6.07, 6.45) is 1.12. The Hall–Kier alpha value is -0.0800. The van der Waals surface area contributed by atoms with E-state index in [-0.39, 0.29) is 0 Å². The van der Waals surface area contributed by atoms with E-state index in [1.54, 1.807) is 0 Å². The maximum absolute atomic E-state index is 9.76. The van der Waals surface area contributed by atoms with E-state index in [4.69, 9.17) is 0 Å². The number of nitrogens with one attached hydrogen (secondary N) is 1. The fourth-order valence-electron chi connectivity index (χ4n) is 0.722. The molecule has 0 saturated carbocycles. The third kappa shape index (κ3) is 4.38. The molecule has 0 saturated heterocycles. The highest BCUT2D eigenvalue weighted by Crippen LogP contribution is 2.14. The van der Waals surface area contributed by atoms with Crippen LogP contribution in [0.15, 0.2) is 0 Å². The highest BCUT2D eigenvalue weighted by atomic mass is 16.3. The van der Waals surface area contributed by atoms with E-state index in [1.807, 2.05) is 20.8 Å². The van der Waals surface area contributed by atoms with Gasteiger partial charge in [-0.15, -0.1) is 0 Å². The Labute approximate surface area is 70.0 Å². The third-order valence-corrected chi connectivity index (χ3v) is 2.15. The van der Waals surface area contributed by atoms with Gasteiger partial charge in [0.25, 0.3) is 0 Å². The maximum Gasteiger partial charge on any atom is 0.0766 e. The van der Waals surface area contributed by atoms with Crippen LogP contribution in [0.4, 0.5) is 0 Å². The average Bonchev–Trinajstić information content (AvgIpc) is 1.88. The van der Waals surface area contributed by atoms with Gasteiger partial charge in [0.05, 0.1) is 5.60 Å². The highest BCUT2D eigenvalue weighted by Gasteiger charge is 2.23. The molecule has 0 heterocycles. The Balaban J connectivity index is 3.55. The van der Waals surface area contributed by atoms with E-state index in [9.17, 15) is 5.11 Å². The van der Waals surface area contributed by atoms with Gasteiger partial charge in [0, 0.05) is 6.54 Å². The van der Waals surface area contributed by atoms with Gasteiger partial charge < -0.3 is 10.4 Å². The molecule has 11 heavy (non-hydrogen) atoms. The largest absolute Gasteiger partial charge is 0.389 e. The smallest absolute Gasteiger partial charge is 0.0766 e. The second-order valence-electron chi connectivity index (χ2n) is 3.69. The van der Waals surface area contributed by atoms with Crippen molar-refractivity contribution in [3.05, 3.63) is 0 Å².